The fourth-order valence-corrected chi connectivity index (χ4v) is 4.79. The van der Waals surface area contributed by atoms with Crippen molar-refractivity contribution in [2.24, 2.45) is 0 Å². The van der Waals surface area contributed by atoms with Gasteiger partial charge >= 0.3 is 0 Å². The van der Waals surface area contributed by atoms with E-state index in [2.05, 4.69) is 25.9 Å². The Hall–Kier alpha value is -5.06. The van der Waals surface area contributed by atoms with E-state index in [4.69, 9.17) is 21.1 Å². The minimum atomic E-state index is -0.537. The molecule has 5 rings (SSSR count). The highest BCUT2D eigenvalue weighted by atomic mass is 35.5. The molecule has 0 spiro atoms. The molecule has 0 aliphatic heterocycles. The summed E-state index contributed by atoms with van der Waals surface area (Å²) in [7, 11) is 1.44. The van der Waals surface area contributed by atoms with E-state index in [1.54, 1.807) is 48.5 Å². The van der Waals surface area contributed by atoms with E-state index < -0.39 is 6.04 Å². The summed E-state index contributed by atoms with van der Waals surface area (Å²) in [6.45, 7) is 0.0577. The van der Waals surface area contributed by atoms with Gasteiger partial charge in [0.25, 0.3) is 0 Å². The highest BCUT2D eigenvalue weighted by Crippen LogP contribution is 2.32. The monoisotopic (exact) mass is 613 g/mol. The maximum atomic E-state index is 13.5. The van der Waals surface area contributed by atoms with Crippen LogP contribution in [0.15, 0.2) is 97.3 Å². The Labute approximate surface area is 258 Å². The van der Waals surface area contributed by atoms with Crippen LogP contribution in [0.25, 0.3) is 10.9 Å². The largest absolute Gasteiger partial charge is 0.487 e. The van der Waals surface area contributed by atoms with Crippen LogP contribution in [0.4, 0.5) is 21.6 Å². The lowest BCUT2D eigenvalue weighted by Crippen LogP contribution is -2.33. The number of carbonyl (C=O) groups is 2. The zero-order valence-corrected chi connectivity index (χ0v) is 24.5. The molecule has 1 aromatic heterocycles. The minimum absolute atomic E-state index is 0.0139. The summed E-state index contributed by atoms with van der Waals surface area (Å²) >= 11 is 6.48. The van der Waals surface area contributed by atoms with Crippen molar-refractivity contribution in [3.63, 3.8) is 0 Å². The van der Waals surface area contributed by atoms with Crippen molar-refractivity contribution in [2.75, 3.05) is 24.4 Å². The van der Waals surface area contributed by atoms with E-state index in [9.17, 15) is 14.0 Å². The second-order valence-electron chi connectivity index (χ2n) is 9.86. The third-order valence-corrected chi connectivity index (χ3v) is 6.89. The molecule has 9 nitrogen and oxygen atoms in total. The van der Waals surface area contributed by atoms with Crippen LogP contribution < -0.4 is 20.7 Å². The van der Waals surface area contributed by atoms with Gasteiger partial charge in [-0.2, -0.15) is 0 Å². The van der Waals surface area contributed by atoms with Crippen LogP contribution in [0.5, 0.6) is 5.75 Å². The predicted molar refractivity (Wildman–Crippen MR) is 167 cm³/mol. The molecule has 4 aromatic carbocycles. The van der Waals surface area contributed by atoms with Gasteiger partial charge in [-0.25, -0.2) is 14.4 Å². The number of ether oxygens (including phenoxy) is 2. The molecule has 0 aliphatic rings. The molecule has 0 saturated carbocycles. The zero-order valence-electron chi connectivity index (χ0n) is 23.7. The number of rotatable bonds is 12. The maximum absolute atomic E-state index is 13.5. The fourth-order valence-electron chi connectivity index (χ4n) is 4.56. The Kier molecular flexibility index (Phi) is 9.96. The molecule has 0 bridgehead atoms. The number of nitrogens with one attached hydrogen (secondary N) is 3. The van der Waals surface area contributed by atoms with Crippen molar-refractivity contribution in [1.82, 2.24) is 15.3 Å². The number of amides is 2. The van der Waals surface area contributed by atoms with Gasteiger partial charge in [-0.1, -0.05) is 54.1 Å². The number of hydrogen-bond acceptors (Lipinski definition) is 7. The zero-order chi connectivity index (χ0) is 30.9. The molecule has 11 heteroatoms. The lowest BCUT2D eigenvalue weighted by molar-refractivity contribution is -0.125. The Morgan fingerprint density at radius 1 is 0.909 bits per heavy atom. The van der Waals surface area contributed by atoms with E-state index in [1.165, 1.54) is 25.6 Å². The number of carbonyl (C=O) groups excluding carboxylic acids is 2. The van der Waals surface area contributed by atoms with Crippen molar-refractivity contribution >= 4 is 51.5 Å². The van der Waals surface area contributed by atoms with E-state index in [0.29, 0.717) is 44.4 Å². The smallest absolute Gasteiger partial charge is 0.246 e. The van der Waals surface area contributed by atoms with Crippen LogP contribution >= 0.6 is 11.6 Å². The number of halogens is 2. The molecule has 2 amide bonds. The van der Waals surface area contributed by atoms with E-state index in [1.807, 2.05) is 30.3 Å². The Morgan fingerprint density at radius 2 is 1.73 bits per heavy atom. The molecule has 224 valence electrons. The van der Waals surface area contributed by atoms with Gasteiger partial charge in [0.2, 0.25) is 11.8 Å². The van der Waals surface area contributed by atoms with Gasteiger partial charge in [0.15, 0.2) is 0 Å². The van der Waals surface area contributed by atoms with Crippen LogP contribution in [-0.2, 0) is 20.9 Å². The molecule has 1 atom stereocenters. The highest BCUT2D eigenvalue weighted by molar-refractivity contribution is 6.32. The van der Waals surface area contributed by atoms with Crippen molar-refractivity contribution in [3.8, 4) is 5.75 Å². The summed E-state index contributed by atoms with van der Waals surface area (Å²) in [4.78, 5) is 34.0. The molecule has 1 unspecified atom stereocenters. The molecule has 0 aliphatic carbocycles. The first-order valence-corrected chi connectivity index (χ1v) is 14.1. The first kappa shape index (κ1) is 30.4. The van der Waals surface area contributed by atoms with Gasteiger partial charge < -0.3 is 25.4 Å². The Balaban J connectivity index is 1.28. The lowest BCUT2D eigenvalue weighted by Gasteiger charge is -2.19. The third kappa shape index (κ3) is 8.06. The summed E-state index contributed by atoms with van der Waals surface area (Å²) in [5.74, 6) is 0.0112. The summed E-state index contributed by atoms with van der Waals surface area (Å²) in [6, 6.07) is 25.4. The third-order valence-electron chi connectivity index (χ3n) is 6.60. The number of benzene rings is 4. The minimum Gasteiger partial charge on any atom is -0.487 e. The SMILES string of the molecule is COCC(=O)NC(CC(=O)Nc1ccc2ncnc(Nc3ccc(OCc4cccc(F)c4)c(Cl)c3)c2c1)c1ccccc1. The molecule has 1 heterocycles. The van der Waals surface area contributed by atoms with Gasteiger partial charge in [-0.3, -0.25) is 9.59 Å². The van der Waals surface area contributed by atoms with Crippen LogP contribution in [0, 0.1) is 5.82 Å². The van der Waals surface area contributed by atoms with Gasteiger partial charge in [0.1, 0.15) is 36.9 Å². The molecule has 0 saturated heterocycles. The Morgan fingerprint density at radius 3 is 2.50 bits per heavy atom. The normalized spacial score (nSPS) is 11.5. The van der Waals surface area contributed by atoms with E-state index in [0.717, 1.165) is 5.56 Å². The summed E-state index contributed by atoms with van der Waals surface area (Å²) < 4.78 is 24.2. The second-order valence-corrected chi connectivity index (χ2v) is 10.3. The van der Waals surface area contributed by atoms with Gasteiger partial charge in [-0.15, -0.1) is 0 Å². The highest BCUT2D eigenvalue weighted by Gasteiger charge is 2.19. The van der Waals surface area contributed by atoms with Crippen molar-refractivity contribution < 1.29 is 23.5 Å². The molecular weight excluding hydrogens is 585 g/mol. The molecule has 0 radical (unpaired) electrons. The van der Waals surface area contributed by atoms with Crippen LogP contribution in [0.2, 0.25) is 5.02 Å². The standard InChI is InChI=1S/C33H29ClFN5O4/c1-43-19-32(42)40-29(22-7-3-2-4-8-22)17-31(41)38-24-10-12-28-26(15-24)33(37-20-36-28)39-25-11-13-30(27(34)16-25)44-18-21-6-5-9-23(35)14-21/h2-16,20,29H,17-19H2,1H3,(H,38,41)(H,40,42)(H,36,37,39). The fraction of sp³-hybridized carbons (Fsp3) is 0.152. The number of anilines is 3. The summed E-state index contributed by atoms with van der Waals surface area (Å²) in [5, 5.41) is 10.0. The van der Waals surface area contributed by atoms with Gasteiger partial charge in [-0.05, 0) is 59.7 Å². The molecular formula is C33H29ClFN5O4. The maximum Gasteiger partial charge on any atom is 0.246 e. The van der Waals surface area contributed by atoms with Crippen LogP contribution in [0.3, 0.4) is 0 Å². The van der Waals surface area contributed by atoms with Crippen molar-refractivity contribution in [1.29, 1.82) is 0 Å². The van der Waals surface area contributed by atoms with Crippen LogP contribution in [-0.4, -0.2) is 35.5 Å². The molecule has 0 fully saturated rings. The number of hydrogen-bond donors (Lipinski definition) is 3. The van der Waals surface area contributed by atoms with Crippen LogP contribution in [0.1, 0.15) is 23.6 Å². The molecule has 44 heavy (non-hydrogen) atoms. The first-order valence-electron chi connectivity index (χ1n) is 13.7. The van der Waals surface area contributed by atoms with Crippen molar-refractivity contribution in [3.05, 3.63) is 119 Å². The first-order chi connectivity index (χ1) is 21.4. The number of methoxy groups -OCH3 is 1. The van der Waals surface area contributed by atoms with E-state index >= 15 is 0 Å². The van der Waals surface area contributed by atoms with Gasteiger partial charge in [0.05, 0.1) is 23.0 Å². The van der Waals surface area contributed by atoms with E-state index in [-0.39, 0.29) is 37.3 Å². The molecule has 5 aromatic rings. The van der Waals surface area contributed by atoms with Crippen molar-refractivity contribution in [2.45, 2.75) is 19.1 Å². The number of aromatic nitrogens is 2. The quantitative estimate of drug-likeness (QED) is 0.146. The number of nitrogens with zero attached hydrogens (tertiary/aromatic N) is 2. The van der Waals surface area contributed by atoms with Gasteiger partial charge in [0, 0.05) is 23.9 Å². The number of fused-ring (bicyclic) bond motifs is 1. The predicted octanol–water partition coefficient (Wildman–Crippen LogP) is 6.58. The average Bonchev–Trinajstić information content (AvgIpc) is 3.01. The topological polar surface area (TPSA) is 114 Å². The summed E-state index contributed by atoms with van der Waals surface area (Å²) in [6.07, 6.45) is 1.45. The summed E-state index contributed by atoms with van der Waals surface area (Å²) in [5.41, 5.74) is 3.34. The average molecular weight is 614 g/mol. The molecule has 3 N–H and O–H groups in total. The second kappa shape index (κ2) is 14.4. The Bertz CT molecular complexity index is 1770. The lowest BCUT2D eigenvalue weighted by atomic mass is 10.0.